The fraction of sp³-hybridized carbons (Fsp3) is 0.533. The second kappa shape index (κ2) is 5.01. The number of aromatic hydroxyl groups is 1. The smallest absolute Gasteiger partial charge is 0.232 e. The van der Waals surface area contributed by atoms with Gasteiger partial charge >= 0.3 is 0 Å². The topological polar surface area (TPSA) is 40.5 Å². The van der Waals surface area contributed by atoms with Crippen LogP contribution in [0.3, 0.4) is 0 Å². The molecule has 1 N–H and O–H groups in total. The molecule has 1 aliphatic rings. The van der Waals surface area contributed by atoms with Crippen LogP contribution in [0.1, 0.15) is 39.0 Å². The van der Waals surface area contributed by atoms with Crippen LogP contribution in [0.4, 0.5) is 5.69 Å². The van der Waals surface area contributed by atoms with Gasteiger partial charge < -0.3 is 10.0 Å². The lowest BCUT2D eigenvalue weighted by molar-refractivity contribution is -0.127. The highest BCUT2D eigenvalue weighted by atomic mass is 16.3. The van der Waals surface area contributed by atoms with Crippen molar-refractivity contribution in [3.8, 4) is 5.75 Å². The summed E-state index contributed by atoms with van der Waals surface area (Å²) in [6.07, 6.45) is 5.17. The summed E-state index contributed by atoms with van der Waals surface area (Å²) in [6, 6.07) is 6.88. The van der Waals surface area contributed by atoms with E-state index in [0.29, 0.717) is 0 Å². The Morgan fingerprint density at radius 1 is 1.39 bits per heavy atom. The minimum Gasteiger partial charge on any atom is -0.508 e. The van der Waals surface area contributed by atoms with E-state index in [9.17, 15) is 9.90 Å². The van der Waals surface area contributed by atoms with E-state index in [0.717, 1.165) is 37.8 Å². The first kappa shape index (κ1) is 12.9. The van der Waals surface area contributed by atoms with Crippen LogP contribution in [0.25, 0.3) is 0 Å². The molecule has 0 unspecified atom stereocenters. The zero-order valence-corrected chi connectivity index (χ0v) is 11.1. The predicted molar refractivity (Wildman–Crippen MR) is 72.7 cm³/mol. The van der Waals surface area contributed by atoms with Crippen molar-refractivity contribution >= 4 is 11.6 Å². The van der Waals surface area contributed by atoms with Crippen LogP contribution >= 0.6 is 0 Å². The molecule has 0 radical (unpaired) electrons. The molecule has 1 aromatic rings. The van der Waals surface area contributed by atoms with E-state index < -0.39 is 0 Å². The fourth-order valence-corrected chi connectivity index (χ4v) is 2.95. The van der Waals surface area contributed by atoms with Gasteiger partial charge in [-0.05, 0) is 31.4 Å². The summed E-state index contributed by atoms with van der Waals surface area (Å²) in [6.45, 7) is 2.10. The minimum absolute atomic E-state index is 0.180. The average Bonchev–Trinajstić information content (AvgIpc) is 2.87. The fourth-order valence-electron chi connectivity index (χ4n) is 2.95. The summed E-state index contributed by atoms with van der Waals surface area (Å²) in [4.78, 5) is 14.3. The molecule has 1 aliphatic carbocycles. The molecule has 3 nitrogen and oxygen atoms in total. The van der Waals surface area contributed by atoms with Crippen LogP contribution in [0.2, 0.25) is 0 Å². The first-order valence-corrected chi connectivity index (χ1v) is 6.66. The Morgan fingerprint density at radius 3 is 2.61 bits per heavy atom. The van der Waals surface area contributed by atoms with Gasteiger partial charge in [0.2, 0.25) is 5.91 Å². The number of hydrogen-bond donors (Lipinski definition) is 1. The van der Waals surface area contributed by atoms with Gasteiger partial charge in [-0.3, -0.25) is 4.79 Å². The van der Waals surface area contributed by atoms with Crippen molar-refractivity contribution in [3.63, 3.8) is 0 Å². The van der Waals surface area contributed by atoms with Crippen molar-refractivity contribution in [1.29, 1.82) is 0 Å². The normalized spacial score (nSPS) is 17.7. The third-order valence-corrected chi connectivity index (χ3v) is 4.21. The number of carbonyl (C=O) groups is 1. The molecule has 0 aromatic heterocycles. The Labute approximate surface area is 108 Å². The average molecular weight is 247 g/mol. The van der Waals surface area contributed by atoms with Crippen LogP contribution in [0, 0.1) is 5.41 Å². The third-order valence-electron chi connectivity index (χ3n) is 4.21. The van der Waals surface area contributed by atoms with Crippen LogP contribution in [-0.2, 0) is 4.79 Å². The monoisotopic (exact) mass is 247 g/mol. The van der Waals surface area contributed by atoms with Crippen molar-refractivity contribution in [2.75, 3.05) is 11.9 Å². The molecular weight excluding hydrogens is 226 g/mol. The lowest BCUT2D eigenvalue weighted by atomic mass is 9.82. The Bertz CT molecular complexity index is 436. The van der Waals surface area contributed by atoms with E-state index in [1.165, 1.54) is 0 Å². The van der Waals surface area contributed by atoms with Gasteiger partial charge in [-0.25, -0.2) is 0 Å². The first-order chi connectivity index (χ1) is 8.59. The number of carbonyl (C=O) groups excluding carboxylic acids is 1. The van der Waals surface area contributed by atoms with E-state index >= 15 is 0 Å². The molecule has 0 heterocycles. The van der Waals surface area contributed by atoms with Crippen molar-refractivity contribution < 1.29 is 9.90 Å². The van der Waals surface area contributed by atoms with Gasteiger partial charge in [0.1, 0.15) is 5.75 Å². The van der Waals surface area contributed by atoms with Crippen LogP contribution < -0.4 is 4.90 Å². The second-order valence-corrected chi connectivity index (χ2v) is 5.23. The van der Waals surface area contributed by atoms with Crippen molar-refractivity contribution in [2.45, 2.75) is 39.0 Å². The summed E-state index contributed by atoms with van der Waals surface area (Å²) in [5, 5.41) is 9.49. The highest BCUT2D eigenvalue weighted by Crippen LogP contribution is 2.43. The first-order valence-electron chi connectivity index (χ1n) is 6.66. The van der Waals surface area contributed by atoms with Crippen molar-refractivity contribution in [1.82, 2.24) is 0 Å². The molecule has 1 fully saturated rings. The number of hydrogen-bond acceptors (Lipinski definition) is 2. The van der Waals surface area contributed by atoms with Crippen molar-refractivity contribution in [3.05, 3.63) is 24.3 Å². The largest absolute Gasteiger partial charge is 0.508 e. The lowest BCUT2D eigenvalue weighted by Crippen LogP contribution is -2.40. The molecule has 1 amide bonds. The number of phenols is 1. The summed E-state index contributed by atoms with van der Waals surface area (Å²) in [5.41, 5.74) is 0.583. The molecule has 1 aromatic carbocycles. The minimum atomic E-state index is -0.180. The summed E-state index contributed by atoms with van der Waals surface area (Å²) in [5.74, 6) is 0.386. The number of phenolic OH excluding ortho intramolecular Hbond substituents is 1. The van der Waals surface area contributed by atoms with Gasteiger partial charge in [0.25, 0.3) is 0 Å². The molecule has 0 saturated heterocycles. The molecule has 0 spiro atoms. The molecule has 98 valence electrons. The van der Waals surface area contributed by atoms with Gasteiger partial charge in [0, 0.05) is 24.2 Å². The van der Waals surface area contributed by atoms with E-state index in [-0.39, 0.29) is 17.1 Å². The number of amides is 1. The summed E-state index contributed by atoms with van der Waals surface area (Å²) in [7, 11) is 1.80. The van der Waals surface area contributed by atoms with Crippen molar-refractivity contribution in [2.24, 2.45) is 5.41 Å². The Hall–Kier alpha value is -1.51. The molecular formula is C15H21NO2. The maximum atomic E-state index is 12.7. The zero-order valence-electron chi connectivity index (χ0n) is 11.1. The quantitative estimate of drug-likeness (QED) is 0.890. The number of anilines is 1. The van der Waals surface area contributed by atoms with E-state index in [1.807, 2.05) is 6.07 Å². The van der Waals surface area contributed by atoms with Gasteiger partial charge in [0.15, 0.2) is 0 Å². The molecule has 0 atom stereocenters. The zero-order chi connectivity index (χ0) is 13.2. The molecule has 3 heteroatoms. The number of rotatable bonds is 3. The molecule has 0 aliphatic heterocycles. The van der Waals surface area contributed by atoms with E-state index in [4.69, 9.17) is 0 Å². The molecule has 18 heavy (non-hydrogen) atoms. The highest BCUT2D eigenvalue weighted by molar-refractivity contribution is 5.97. The van der Waals surface area contributed by atoms with Crippen LogP contribution in [0.15, 0.2) is 24.3 Å². The second-order valence-electron chi connectivity index (χ2n) is 5.23. The Kier molecular flexibility index (Phi) is 3.60. The Balaban J connectivity index is 2.23. The number of nitrogens with zero attached hydrogens (tertiary/aromatic N) is 1. The molecule has 2 rings (SSSR count). The van der Waals surface area contributed by atoms with Crippen LogP contribution in [0.5, 0.6) is 5.75 Å². The maximum absolute atomic E-state index is 12.7. The number of benzene rings is 1. The van der Waals surface area contributed by atoms with Gasteiger partial charge in [-0.1, -0.05) is 25.8 Å². The van der Waals surface area contributed by atoms with E-state index in [2.05, 4.69) is 6.92 Å². The standard InChI is InChI=1S/C15H21NO2/c1-3-15(9-4-5-10-15)14(18)16(2)12-7-6-8-13(17)11-12/h6-8,11,17H,3-5,9-10H2,1-2H3. The van der Waals surface area contributed by atoms with Gasteiger partial charge in [0.05, 0.1) is 0 Å². The third kappa shape index (κ3) is 2.22. The Morgan fingerprint density at radius 2 is 2.06 bits per heavy atom. The summed E-state index contributed by atoms with van der Waals surface area (Å²) >= 11 is 0. The maximum Gasteiger partial charge on any atom is 0.232 e. The SMILES string of the molecule is CCC1(C(=O)N(C)c2cccc(O)c2)CCCC1. The molecule has 0 bridgehead atoms. The van der Waals surface area contributed by atoms with Crippen LogP contribution in [-0.4, -0.2) is 18.1 Å². The lowest BCUT2D eigenvalue weighted by Gasteiger charge is -2.31. The highest BCUT2D eigenvalue weighted by Gasteiger charge is 2.41. The van der Waals surface area contributed by atoms with Gasteiger partial charge in [-0.2, -0.15) is 0 Å². The van der Waals surface area contributed by atoms with E-state index in [1.54, 1.807) is 30.1 Å². The summed E-state index contributed by atoms with van der Waals surface area (Å²) < 4.78 is 0. The molecule has 1 saturated carbocycles. The predicted octanol–water partition coefficient (Wildman–Crippen LogP) is 3.33. The van der Waals surface area contributed by atoms with Gasteiger partial charge in [-0.15, -0.1) is 0 Å².